The van der Waals surface area contributed by atoms with Crippen molar-refractivity contribution in [2.24, 2.45) is 0 Å². The number of nitrogens with two attached hydrogens (primary N) is 1. The van der Waals surface area contributed by atoms with Crippen LogP contribution in [0.25, 0.3) is 22.2 Å². The summed E-state index contributed by atoms with van der Waals surface area (Å²) in [7, 11) is 2.15. The quantitative estimate of drug-likeness (QED) is 0.487. The van der Waals surface area contributed by atoms with Crippen LogP contribution < -0.4 is 20.7 Å². The lowest BCUT2D eigenvalue weighted by atomic mass is 10.0. The standard InChI is InChI=1S/C26H29ClF3N7O/c1-36-15(4-5-25(36)6-7-25)14-38-24-33-20-13-16(22-18(26(28,29)30)2-3-21(31)34-22)19(27)12-17(20)23(35-24)37-10-8-32-9-11-37/h2-3,12-13,15,32H,4-11,14H2,1H3,(H2,31,34)/t15-/m0/s1. The Hall–Kier alpha value is -2.89. The van der Waals surface area contributed by atoms with Gasteiger partial charge in [0.15, 0.2) is 0 Å². The van der Waals surface area contributed by atoms with Crippen molar-refractivity contribution in [1.82, 2.24) is 25.2 Å². The van der Waals surface area contributed by atoms with Crippen LogP contribution in [0.3, 0.4) is 0 Å². The van der Waals surface area contributed by atoms with Gasteiger partial charge in [0.2, 0.25) is 0 Å². The number of alkyl halides is 3. The monoisotopic (exact) mass is 547 g/mol. The van der Waals surface area contributed by atoms with Gasteiger partial charge in [-0.05, 0) is 57.0 Å². The number of hydrogen-bond acceptors (Lipinski definition) is 8. The summed E-state index contributed by atoms with van der Waals surface area (Å²) in [6, 6.07) is 5.65. The number of fused-ring (bicyclic) bond motifs is 1. The summed E-state index contributed by atoms with van der Waals surface area (Å²) in [5.74, 6) is 0.612. The van der Waals surface area contributed by atoms with Gasteiger partial charge >= 0.3 is 12.2 Å². The topological polar surface area (TPSA) is 92.4 Å². The molecule has 8 nitrogen and oxygen atoms in total. The molecule has 1 atom stereocenters. The zero-order chi connectivity index (χ0) is 26.7. The number of nitrogens with zero attached hydrogens (tertiary/aromatic N) is 5. The Morgan fingerprint density at radius 3 is 2.58 bits per heavy atom. The minimum absolute atomic E-state index is 0.0357. The summed E-state index contributed by atoms with van der Waals surface area (Å²) in [5, 5.41) is 4.07. The van der Waals surface area contributed by atoms with Crippen LogP contribution in [0.5, 0.6) is 6.01 Å². The van der Waals surface area contributed by atoms with Gasteiger partial charge < -0.3 is 20.7 Å². The third-order valence-electron chi connectivity index (χ3n) is 8.11. The summed E-state index contributed by atoms with van der Waals surface area (Å²) in [6.45, 7) is 3.44. The van der Waals surface area contributed by atoms with Crippen molar-refractivity contribution in [3.8, 4) is 17.3 Å². The highest BCUT2D eigenvalue weighted by molar-refractivity contribution is 6.34. The van der Waals surface area contributed by atoms with E-state index in [0.717, 1.165) is 31.6 Å². The van der Waals surface area contributed by atoms with E-state index < -0.39 is 11.7 Å². The summed E-state index contributed by atoms with van der Waals surface area (Å²) in [6.07, 6.45) is 0.0310. The third-order valence-corrected chi connectivity index (χ3v) is 8.42. The average molecular weight is 548 g/mol. The number of pyridine rings is 1. The van der Waals surface area contributed by atoms with Crippen molar-refractivity contribution in [2.45, 2.75) is 43.4 Å². The molecular weight excluding hydrogens is 519 g/mol. The van der Waals surface area contributed by atoms with Crippen molar-refractivity contribution < 1.29 is 17.9 Å². The number of likely N-dealkylation sites (tertiary alicyclic amines) is 1. The summed E-state index contributed by atoms with van der Waals surface area (Å²) in [5.41, 5.74) is 5.37. The second-order valence-electron chi connectivity index (χ2n) is 10.4. The highest BCUT2D eigenvalue weighted by Gasteiger charge is 2.52. The van der Waals surface area contributed by atoms with E-state index in [2.05, 4.69) is 32.1 Å². The first-order chi connectivity index (χ1) is 18.1. The molecule has 1 aromatic carbocycles. The highest BCUT2D eigenvalue weighted by atomic mass is 35.5. The maximum Gasteiger partial charge on any atom is 0.418 e. The molecule has 2 aliphatic heterocycles. The normalized spacial score (nSPS) is 21.4. The molecule has 2 saturated heterocycles. The van der Waals surface area contributed by atoms with Gasteiger partial charge in [0.1, 0.15) is 18.2 Å². The van der Waals surface area contributed by atoms with Crippen LogP contribution in [-0.2, 0) is 6.18 Å². The smallest absolute Gasteiger partial charge is 0.418 e. The Labute approximate surface area is 223 Å². The zero-order valence-corrected chi connectivity index (χ0v) is 21.7. The maximum absolute atomic E-state index is 13.8. The van der Waals surface area contributed by atoms with E-state index in [1.54, 1.807) is 6.07 Å². The number of piperazine rings is 1. The van der Waals surface area contributed by atoms with E-state index in [0.29, 0.717) is 42.0 Å². The van der Waals surface area contributed by atoms with Crippen LogP contribution in [0.4, 0.5) is 24.8 Å². The minimum Gasteiger partial charge on any atom is -0.462 e. The lowest BCUT2D eigenvalue weighted by Crippen LogP contribution is -2.44. The van der Waals surface area contributed by atoms with Crippen molar-refractivity contribution in [2.75, 3.05) is 50.5 Å². The van der Waals surface area contributed by atoms with Crippen LogP contribution in [0.2, 0.25) is 5.02 Å². The van der Waals surface area contributed by atoms with E-state index >= 15 is 0 Å². The Balaban J connectivity index is 1.42. The molecule has 2 aromatic heterocycles. The molecule has 3 aliphatic rings. The first kappa shape index (κ1) is 25.4. The number of likely N-dealkylation sites (N-methyl/N-ethyl adjacent to an activating group) is 1. The van der Waals surface area contributed by atoms with Gasteiger partial charge in [0, 0.05) is 48.7 Å². The Bertz CT molecular complexity index is 1380. The van der Waals surface area contributed by atoms with Crippen LogP contribution in [0.1, 0.15) is 31.2 Å². The molecule has 1 spiro atoms. The van der Waals surface area contributed by atoms with Crippen molar-refractivity contribution in [1.29, 1.82) is 0 Å². The maximum atomic E-state index is 13.8. The Kier molecular flexibility index (Phi) is 6.27. The minimum atomic E-state index is -4.63. The molecule has 3 aromatic rings. The van der Waals surface area contributed by atoms with Crippen molar-refractivity contribution in [3.63, 3.8) is 0 Å². The molecule has 12 heteroatoms. The molecule has 1 aliphatic carbocycles. The number of benzene rings is 1. The van der Waals surface area contributed by atoms with E-state index in [9.17, 15) is 13.2 Å². The largest absolute Gasteiger partial charge is 0.462 e. The molecule has 0 amide bonds. The van der Waals surface area contributed by atoms with Crippen molar-refractivity contribution >= 4 is 34.1 Å². The van der Waals surface area contributed by atoms with Gasteiger partial charge in [-0.25, -0.2) is 4.98 Å². The summed E-state index contributed by atoms with van der Waals surface area (Å²) >= 11 is 6.59. The van der Waals surface area contributed by atoms with Gasteiger partial charge in [0.25, 0.3) is 0 Å². The second kappa shape index (κ2) is 9.39. The molecule has 4 heterocycles. The summed E-state index contributed by atoms with van der Waals surface area (Å²) < 4.78 is 47.6. The fourth-order valence-electron chi connectivity index (χ4n) is 5.69. The van der Waals surface area contributed by atoms with Gasteiger partial charge in [-0.15, -0.1) is 0 Å². The number of halogens is 4. The Morgan fingerprint density at radius 1 is 1.13 bits per heavy atom. The second-order valence-corrected chi connectivity index (χ2v) is 10.8. The van der Waals surface area contributed by atoms with E-state index in [1.165, 1.54) is 25.3 Å². The van der Waals surface area contributed by atoms with Crippen LogP contribution >= 0.6 is 11.6 Å². The summed E-state index contributed by atoms with van der Waals surface area (Å²) in [4.78, 5) is 17.9. The molecule has 202 valence electrons. The molecule has 38 heavy (non-hydrogen) atoms. The van der Waals surface area contributed by atoms with Gasteiger partial charge in [0.05, 0.1) is 21.8 Å². The number of nitrogens with one attached hydrogen (secondary N) is 1. The van der Waals surface area contributed by atoms with E-state index in [-0.39, 0.29) is 34.2 Å². The molecule has 1 saturated carbocycles. The molecule has 3 fully saturated rings. The van der Waals surface area contributed by atoms with Gasteiger partial charge in [-0.3, -0.25) is 4.90 Å². The van der Waals surface area contributed by atoms with Crippen LogP contribution in [-0.4, -0.2) is 71.3 Å². The number of nitrogen functional groups attached to an aromatic ring is 1. The molecule has 0 radical (unpaired) electrons. The Morgan fingerprint density at radius 2 is 1.89 bits per heavy atom. The number of rotatable bonds is 5. The third kappa shape index (κ3) is 4.60. The number of ether oxygens (including phenoxy) is 1. The average Bonchev–Trinajstić information content (AvgIpc) is 3.62. The molecule has 0 bridgehead atoms. The molecule has 3 N–H and O–H groups in total. The SMILES string of the molecule is CN1[C@H](COc2nc(N3CCNCC3)c3cc(Cl)c(-c4nc(N)ccc4C(F)(F)F)cc3n2)CCC12CC2. The molecule has 0 unspecified atom stereocenters. The van der Waals surface area contributed by atoms with E-state index in [1.807, 2.05) is 0 Å². The fraction of sp³-hybridized carbons (Fsp3) is 0.500. The highest BCUT2D eigenvalue weighted by Crippen LogP contribution is 2.51. The van der Waals surface area contributed by atoms with Crippen LogP contribution in [0, 0.1) is 0 Å². The molecule has 6 rings (SSSR count). The number of aromatic nitrogens is 3. The predicted octanol–water partition coefficient (Wildman–Crippen LogP) is 4.36. The van der Waals surface area contributed by atoms with Gasteiger partial charge in [-0.2, -0.15) is 23.1 Å². The lowest BCUT2D eigenvalue weighted by molar-refractivity contribution is -0.137. The van der Waals surface area contributed by atoms with Crippen LogP contribution in [0.15, 0.2) is 24.3 Å². The van der Waals surface area contributed by atoms with E-state index in [4.69, 9.17) is 27.1 Å². The lowest BCUT2D eigenvalue weighted by Gasteiger charge is -2.30. The number of hydrogen-bond donors (Lipinski definition) is 2. The fourth-order valence-corrected chi connectivity index (χ4v) is 5.94. The predicted molar refractivity (Wildman–Crippen MR) is 141 cm³/mol. The number of anilines is 2. The first-order valence-corrected chi connectivity index (χ1v) is 13.2. The first-order valence-electron chi connectivity index (χ1n) is 12.8. The molecular formula is C26H29ClF3N7O. The van der Waals surface area contributed by atoms with Gasteiger partial charge in [-0.1, -0.05) is 11.6 Å². The zero-order valence-electron chi connectivity index (χ0n) is 21.0. The van der Waals surface area contributed by atoms with Crippen molar-refractivity contribution in [3.05, 3.63) is 34.9 Å².